The molecule has 99 heavy (non-hydrogen) atoms. The molecule has 0 amide bonds. The molecule has 0 rings (SSSR count). The molecule has 19 heteroatoms. The number of aliphatic hydroxyl groups excluding tert-OH is 1. The second kappa shape index (κ2) is 71.7. The van der Waals surface area contributed by atoms with Crippen LogP contribution in [0.4, 0.5) is 0 Å². The van der Waals surface area contributed by atoms with Gasteiger partial charge in [0.1, 0.15) is 19.3 Å². The van der Waals surface area contributed by atoms with E-state index in [4.69, 9.17) is 37.0 Å². The molecule has 0 spiro atoms. The third-order valence-corrected chi connectivity index (χ3v) is 21.0. The molecule has 588 valence electrons. The highest BCUT2D eigenvalue weighted by molar-refractivity contribution is 7.47. The number of hydrogen-bond donors (Lipinski definition) is 3. The van der Waals surface area contributed by atoms with Gasteiger partial charge >= 0.3 is 39.5 Å². The van der Waals surface area contributed by atoms with Crippen LogP contribution in [0.1, 0.15) is 420 Å². The first-order valence-electron chi connectivity index (χ1n) is 41.5. The Morgan fingerprint density at radius 3 is 0.768 bits per heavy atom. The van der Waals surface area contributed by atoms with Gasteiger partial charge in [-0.25, -0.2) is 9.13 Å². The summed E-state index contributed by atoms with van der Waals surface area (Å²) in [5.74, 6) is -0.478. The molecule has 0 aromatic carbocycles. The van der Waals surface area contributed by atoms with Crippen LogP contribution in [0.5, 0.6) is 0 Å². The predicted molar refractivity (Wildman–Crippen MR) is 405 cm³/mol. The van der Waals surface area contributed by atoms with Crippen molar-refractivity contribution in [1.29, 1.82) is 0 Å². The number of carbonyl (C=O) groups excluding carboxylic acids is 4. The first-order valence-corrected chi connectivity index (χ1v) is 44.5. The monoisotopic (exact) mass is 1450 g/mol. The average molecular weight is 1450 g/mol. The summed E-state index contributed by atoms with van der Waals surface area (Å²) in [5.41, 5.74) is 0. The Bertz CT molecular complexity index is 1910. The number of hydrogen-bond acceptors (Lipinski definition) is 15. The molecular weight excluding hydrogens is 1290 g/mol. The van der Waals surface area contributed by atoms with Crippen LogP contribution < -0.4 is 0 Å². The minimum absolute atomic E-state index is 0.108. The Morgan fingerprint density at radius 2 is 0.515 bits per heavy atom. The van der Waals surface area contributed by atoms with Gasteiger partial charge in [0.25, 0.3) is 0 Å². The number of esters is 4. The molecule has 0 bridgehead atoms. The van der Waals surface area contributed by atoms with Crippen LogP contribution in [0.15, 0.2) is 0 Å². The van der Waals surface area contributed by atoms with Crippen LogP contribution in [0.2, 0.25) is 0 Å². The third kappa shape index (κ3) is 72.8. The molecule has 0 heterocycles. The molecule has 0 aliphatic rings. The zero-order valence-corrected chi connectivity index (χ0v) is 66.6. The first kappa shape index (κ1) is 97.1. The average Bonchev–Trinajstić information content (AvgIpc) is 0.993. The Hall–Kier alpha value is -1.94. The Kier molecular flexibility index (Phi) is 70.3. The lowest BCUT2D eigenvalue weighted by Crippen LogP contribution is -2.30. The molecule has 0 saturated heterocycles. The van der Waals surface area contributed by atoms with Gasteiger partial charge in [-0.15, -0.1) is 0 Å². The molecule has 6 atom stereocenters. The molecule has 17 nitrogen and oxygen atoms in total. The molecule has 0 aliphatic carbocycles. The van der Waals surface area contributed by atoms with Gasteiger partial charge in [-0.05, 0) is 37.5 Å². The van der Waals surface area contributed by atoms with Crippen molar-refractivity contribution in [2.75, 3.05) is 39.6 Å². The number of aliphatic hydroxyl groups is 1. The quantitative estimate of drug-likeness (QED) is 0.0222. The SMILES string of the molecule is CCCCCCCCCCCCCCC(=O)OC[C@H](COP(=O)(O)OC[C@H](O)COP(=O)(O)OC[C@@H](COC(=O)CCCCCCCCCCCCC(C)CC)OC(=O)CCCCCCCCCCCCCCCCCCCCC(C)C)OC(=O)CCCCCCCCCCCCCC. The molecule has 0 aromatic rings. The van der Waals surface area contributed by atoms with E-state index in [0.29, 0.717) is 25.7 Å². The normalized spacial score (nSPS) is 14.2. The van der Waals surface area contributed by atoms with Crippen molar-refractivity contribution in [3.05, 3.63) is 0 Å². The van der Waals surface area contributed by atoms with Crippen molar-refractivity contribution in [1.82, 2.24) is 0 Å². The van der Waals surface area contributed by atoms with Crippen molar-refractivity contribution in [2.45, 2.75) is 439 Å². The Balaban J connectivity index is 5.22. The smallest absolute Gasteiger partial charge is 0.462 e. The van der Waals surface area contributed by atoms with Crippen molar-refractivity contribution in [2.24, 2.45) is 11.8 Å². The highest BCUT2D eigenvalue weighted by Crippen LogP contribution is 2.45. The van der Waals surface area contributed by atoms with E-state index in [1.54, 1.807) is 0 Å². The molecule has 0 saturated carbocycles. The van der Waals surface area contributed by atoms with Gasteiger partial charge in [-0.2, -0.15) is 0 Å². The molecule has 0 fully saturated rings. The Morgan fingerprint density at radius 1 is 0.293 bits per heavy atom. The van der Waals surface area contributed by atoms with E-state index < -0.39 is 97.5 Å². The standard InChI is InChI=1S/C80H156O17P2/c1-7-10-12-14-16-18-20-31-38-44-50-56-62-77(82)90-68-75(96-79(84)64-58-52-46-40-32-21-19-17-15-13-11-8-2)70-94-98(86,87)92-66-74(81)67-93-99(88,89)95-71-76(69-91-78(83)63-57-51-45-39-35-34-37-43-49-55-61-73(6)9-3)97-80(85)65-59-53-47-41-33-29-27-25-23-22-24-26-28-30-36-42-48-54-60-72(4)5/h72-76,81H,7-71H2,1-6H3,(H,86,87)(H,88,89)/t73?,74-,75+,76+/m0/s1. The first-order chi connectivity index (χ1) is 47.9. The lowest BCUT2D eigenvalue weighted by atomic mass is 9.99. The van der Waals surface area contributed by atoms with Crippen LogP contribution in [0.3, 0.4) is 0 Å². The fourth-order valence-corrected chi connectivity index (χ4v) is 13.9. The number of ether oxygens (including phenoxy) is 4. The summed E-state index contributed by atoms with van der Waals surface area (Å²) in [6.45, 7) is 9.69. The minimum atomic E-state index is -4.96. The summed E-state index contributed by atoms with van der Waals surface area (Å²) in [6.07, 6.45) is 60.9. The van der Waals surface area contributed by atoms with E-state index in [-0.39, 0.29) is 25.7 Å². The van der Waals surface area contributed by atoms with Gasteiger partial charge in [-0.3, -0.25) is 37.3 Å². The van der Waals surface area contributed by atoms with Crippen LogP contribution in [0, 0.1) is 11.8 Å². The van der Waals surface area contributed by atoms with Crippen molar-refractivity contribution < 1.29 is 80.2 Å². The van der Waals surface area contributed by atoms with E-state index in [1.807, 2.05) is 0 Å². The van der Waals surface area contributed by atoms with Crippen LogP contribution >= 0.6 is 15.6 Å². The molecule has 3 unspecified atom stereocenters. The number of carbonyl (C=O) groups is 4. The second-order valence-electron chi connectivity index (χ2n) is 29.5. The largest absolute Gasteiger partial charge is 0.472 e. The van der Waals surface area contributed by atoms with Gasteiger partial charge in [-0.1, -0.05) is 369 Å². The van der Waals surface area contributed by atoms with Crippen LogP contribution in [0.25, 0.3) is 0 Å². The van der Waals surface area contributed by atoms with Crippen LogP contribution in [-0.2, 0) is 65.4 Å². The lowest BCUT2D eigenvalue weighted by molar-refractivity contribution is -0.161. The molecule has 3 N–H and O–H groups in total. The summed E-state index contributed by atoms with van der Waals surface area (Å²) < 4.78 is 68.7. The molecule has 0 aliphatic heterocycles. The van der Waals surface area contributed by atoms with E-state index >= 15 is 0 Å². The summed E-state index contributed by atoms with van der Waals surface area (Å²) in [6, 6.07) is 0. The number of rotatable bonds is 79. The predicted octanol–water partition coefficient (Wildman–Crippen LogP) is 23.9. The fourth-order valence-electron chi connectivity index (χ4n) is 12.3. The maximum Gasteiger partial charge on any atom is 0.472 e. The highest BCUT2D eigenvalue weighted by Gasteiger charge is 2.30. The van der Waals surface area contributed by atoms with E-state index in [9.17, 15) is 43.2 Å². The number of unbranched alkanes of at least 4 members (excludes halogenated alkanes) is 48. The van der Waals surface area contributed by atoms with Gasteiger partial charge in [0.05, 0.1) is 26.4 Å². The topological polar surface area (TPSA) is 237 Å². The molecule has 0 aromatic heterocycles. The number of phosphoric ester groups is 2. The molecule has 0 radical (unpaired) electrons. The fraction of sp³-hybridized carbons (Fsp3) is 0.950. The van der Waals surface area contributed by atoms with Crippen molar-refractivity contribution >= 4 is 39.5 Å². The molecular formula is C80H156O17P2. The van der Waals surface area contributed by atoms with E-state index in [0.717, 1.165) is 102 Å². The Labute approximate surface area is 607 Å². The maximum atomic E-state index is 13.1. The van der Waals surface area contributed by atoms with E-state index in [2.05, 4.69) is 41.5 Å². The second-order valence-corrected chi connectivity index (χ2v) is 32.4. The van der Waals surface area contributed by atoms with Crippen molar-refractivity contribution in [3.8, 4) is 0 Å². The minimum Gasteiger partial charge on any atom is -0.462 e. The zero-order valence-electron chi connectivity index (χ0n) is 64.8. The van der Waals surface area contributed by atoms with E-state index in [1.165, 1.54) is 238 Å². The maximum absolute atomic E-state index is 13.1. The van der Waals surface area contributed by atoms with Gasteiger partial charge in [0.2, 0.25) is 0 Å². The van der Waals surface area contributed by atoms with Crippen LogP contribution in [-0.4, -0.2) is 96.7 Å². The number of phosphoric acid groups is 2. The summed E-state index contributed by atoms with van der Waals surface area (Å²) in [7, 11) is -9.92. The zero-order chi connectivity index (χ0) is 72.8. The van der Waals surface area contributed by atoms with Gasteiger partial charge in [0.15, 0.2) is 12.2 Å². The van der Waals surface area contributed by atoms with Gasteiger partial charge < -0.3 is 33.8 Å². The third-order valence-electron chi connectivity index (χ3n) is 19.1. The summed E-state index contributed by atoms with van der Waals surface area (Å²) >= 11 is 0. The lowest BCUT2D eigenvalue weighted by Gasteiger charge is -2.21. The summed E-state index contributed by atoms with van der Waals surface area (Å²) in [5, 5.41) is 10.6. The van der Waals surface area contributed by atoms with Crippen molar-refractivity contribution in [3.63, 3.8) is 0 Å². The summed E-state index contributed by atoms with van der Waals surface area (Å²) in [4.78, 5) is 73.0. The van der Waals surface area contributed by atoms with Gasteiger partial charge in [0, 0.05) is 25.7 Å². The highest BCUT2D eigenvalue weighted by atomic mass is 31.2.